The predicted octanol–water partition coefficient (Wildman–Crippen LogP) is 2.54. The van der Waals surface area contributed by atoms with Crippen LogP contribution in [0.25, 0.3) is 0 Å². The lowest BCUT2D eigenvalue weighted by Gasteiger charge is -2.42. The van der Waals surface area contributed by atoms with Crippen molar-refractivity contribution < 1.29 is 4.42 Å². The highest BCUT2D eigenvalue weighted by Gasteiger charge is 2.38. The summed E-state index contributed by atoms with van der Waals surface area (Å²) >= 11 is 0. The zero-order valence-electron chi connectivity index (χ0n) is 10.3. The Bertz CT molecular complexity index is 317. The Hall–Kier alpha value is -0.800. The van der Waals surface area contributed by atoms with Crippen LogP contribution in [0, 0.1) is 0 Å². The smallest absolute Gasteiger partial charge is 0.0951 e. The van der Waals surface area contributed by atoms with Gasteiger partial charge in [0.05, 0.1) is 18.6 Å². The summed E-state index contributed by atoms with van der Waals surface area (Å²) < 4.78 is 5.14. The first-order valence-corrected chi connectivity index (χ1v) is 6.21. The molecule has 1 aliphatic heterocycles. The van der Waals surface area contributed by atoms with Crippen LogP contribution in [0.4, 0.5) is 0 Å². The summed E-state index contributed by atoms with van der Waals surface area (Å²) in [5, 5.41) is 0. The van der Waals surface area contributed by atoms with Crippen molar-refractivity contribution in [2.24, 2.45) is 5.73 Å². The molecule has 0 saturated carbocycles. The van der Waals surface area contributed by atoms with Gasteiger partial charge in [0.25, 0.3) is 0 Å². The van der Waals surface area contributed by atoms with E-state index in [2.05, 4.69) is 18.7 Å². The largest absolute Gasteiger partial charge is 0.472 e. The fraction of sp³-hybridized carbons (Fsp3) is 0.692. The van der Waals surface area contributed by atoms with E-state index in [4.69, 9.17) is 10.2 Å². The molecule has 0 bridgehead atoms. The van der Waals surface area contributed by atoms with Crippen LogP contribution in [0.2, 0.25) is 0 Å². The molecule has 90 valence electrons. The van der Waals surface area contributed by atoms with Crippen molar-refractivity contribution >= 4 is 0 Å². The number of rotatable bonds is 4. The van der Waals surface area contributed by atoms with E-state index in [0.717, 1.165) is 12.0 Å². The highest BCUT2D eigenvalue weighted by atomic mass is 16.3. The van der Waals surface area contributed by atoms with Gasteiger partial charge in [-0.15, -0.1) is 0 Å². The predicted molar refractivity (Wildman–Crippen MR) is 65.1 cm³/mol. The van der Waals surface area contributed by atoms with Gasteiger partial charge in [0.1, 0.15) is 0 Å². The molecule has 1 aromatic heterocycles. The van der Waals surface area contributed by atoms with Crippen molar-refractivity contribution in [3.05, 3.63) is 24.2 Å². The zero-order chi connectivity index (χ0) is 11.6. The first kappa shape index (κ1) is 11.7. The first-order chi connectivity index (χ1) is 7.68. The van der Waals surface area contributed by atoms with E-state index in [1.807, 2.05) is 6.07 Å². The minimum Gasteiger partial charge on any atom is -0.472 e. The second-order valence-corrected chi connectivity index (χ2v) is 4.94. The minimum absolute atomic E-state index is 0.0364. The van der Waals surface area contributed by atoms with Gasteiger partial charge >= 0.3 is 0 Å². The van der Waals surface area contributed by atoms with Crippen LogP contribution in [0.5, 0.6) is 0 Å². The molecule has 0 spiro atoms. The van der Waals surface area contributed by atoms with Crippen molar-refractivity contribution in [1.29, 1.82) is 0 Å². The van der Waals surface area contributed by atoms with Gasteiger partial charge in [0.15, 0.2) is 0 Å². The fourth-order valence-corrected chi connectivity index (χ4v) is 2.68. The van der Waals surface area contributed by atoms with Crippen molar-refractivity contribution in [2.45, 2.75) is 44.7 Å². The van der Waals surface area contributed by atoms with Gasteiger partial charge in [0, 0.05) is 11.1 Å². The molecule has 16 heavy (non-hydrogen) atoms. The third-order valence-corrected chi connectivity index (χ3v) is 4.12. The van der Waals surface area contributed by atoms with Crippen LogP contribution in [0.15, 0.2) is 23.0 Å². The molecule has 0 amide bonds. The summed E-state index contributed by atoms with van der Waals surface area (Å²) in [5.74, 6) is 0. The van der Waals surface area contributed by atoms with E-state index in [1.165, 1.54) is 25.9 Å². The maximum atomic E-state index is 6.41. The van der Waals surface area contributed by atoms with Crippen molar-refractivity contribution in [2.75, 3.05) is 13.1 Å². The van der Waals surface area contributed by atoms with E-state index < -0.39 is 0 Å². The second-order valence-electron chi connectivity index (χ2n) is 4.94. The van der Waals surface area contributed by atoms with E-state index in [0.29, 0.717) is 0 Å². The Balaban J connectivity index is 2.19. The highest BCUT2D eigenvalue weighted by Crippen LogP contribution is 2.34. The third-order valence-electron chi connectivity index (χ3n) is 4.12. The number of likely N-dealkylation sites (tertiary alicyclic amines) is 1. The van der Waals surface area contributed by atoms with Crippen molar-refractivity contribution in [3.8, 4) is 0 Å². The van der Waals surface area contributed by atoms with Gasteiger partial charge in [-0.2, -0.15) is 0 Å². The quantitative estimate of drug-likeness (QED) is 0.851. The van der Waals surface area contributed by atoms with Crippen LogP contribution in [-0.2, 0) is 0 Å². The van der Waals surface area contributed by atoms with Gasteiger partial charge in [-0.3, -0.25) is 4.90 Å². The lowest BCUT2D eigenvalue weighted by Crippen LogP contribution is -2.51. The van der Waals surface area contributed by atoms with Gasteiger partial charge in [0.2, 0.25) is 0 Å². The average Bonchev–Trinajstić information content (AvgIpc) is 2.98. The molecule has 0 radical (unpaired) electrons. The maximum Gasteiger partial charge on any atom is 0.0951 e. The highest BCUT2D eigenvalue weighted by molar-refractivity contribution is 5.17. The Morgan fingerprint density at radius 1 is 1.50 bits per heavy atom. The molecule has 3 heteroatoms. The third kappa shape index (κ3) is 1.89. The Kier molecular flexibility index (Phi) is 3.36. The summed E-state index contributed by atoms with van der Waals surface area (Å²) in [5.41, 5.74) is 7.57. The number of nitrogens with two attached hydrogens (primary N) is 1. The number of nitrogens with zero attached hydrogens (tertiary/aromatic N) is 1. The molecule has 2 heterocycles. The number of hydrogen-bond donors (Lipinski definition) is 1. The summed E-state index contributed by atoms with van der Waals surface area (Å²) in [7, 11) is 0. The standard InChI is InChI=1S/C13H22N2O/c1-3-13(2,15-7-4-5-8-15)12(14)11-6-9-16-10-11/h6,9-10,12H,3-5,7-8,14H2,1-2H3. The number of furan rings is 1. The molecule has 3 nitrogen and oxygen atoms in total. The van der Waals surface area contributed by atoms with Crippen molar-refractivity contribution in [3.63, 3.8) is 0 Å². The van der Waals surface area contributed by atoms with Gasteiger partial charge in [-0.05, 0) is 45.3 Å². The first-order valence-electron chi connectivity index (χ1n) is 6.21. The average molecular weight is 222 g/mol. The summed E-state index contributed by atoms with van der Waals surface area (Å²) in [6, 6.07) is 2.02. The van der Waals surface area contributed by atoms with Gasteiger partial charge in [-0.25, -0.2) is 0 Å². The molecule has 2 unspecified atom stereocenters. The molecule has 0 aromatic carbocycles. The normalized spacial score (nSPS) is 23.2. The van der Waals surface area contributed by atoms with Gasteiger partial charge in [-0.1, -0.05) is 6.92 Å². The van der Waals surface area contributed by atoms with Crippen LogP contribution in [-0.4, -0.2) is 23.5 Å². The molecule has 2 atom stereocenters. The van der Waals surface area contributed by atoms with E-state index >= 15 is 0 Å². The molecular formula is C13H22N2O. The fourth-order valence-electron chi connectivity index (χ4n) is 2.68. The van der Waals surface area contributed by atoms with Crippen LogP contribution < -0.4 is 5.73 Å². The van der Waals surface area contributed by atoms with Crippen LogP contribution in [0.1, 0.15) is 44.7 Å². The van der Waals surface area contributed by atoms with Crippen LogP contribution in [0.3, 0.4) is 0 Å². The topological polar surface area (TPSA) is 42.4 Å². The molecule has 2 rings (SSSR count). The summed E-state index contributed by atoms with van der Waals surface area (Å²) in [6.07, 6.45) is 7.14. The molecular weight excluding hydrogens is 200 g/mol. The molecule has 1 aliphatic rings. The van der Waals surface area contributed by atoms with E-state index in [1.54, 1.807) is 12.5 Å². The molecule has 0 aliphatic carbocycles. The number of hydrogen-bond acceptors (Lipinski definition) is 3. The summed E-state index contributed by atoms with van der Waals surface area (Å²) in [4.78, 5) is 2.53. The lowest BCUT2D eigenvalue weighted by molar-refractivity contribution is 0.0998. The van der Waals surface area contributed by atoms with E-state index in [-0.39, 0.29) is 11.6 Å². The van der Waals surface area contributed by atoms with Crippen molar-refractivity contribution in [1.82, 2.24) is 4.90 Å². The Morgan fingerprint density at radius 3 is 2.69 bits per heavy atom. The molecule has 1 fully saturated rings. The SMILES string of the molecule is CCC(C)(C(N)c1ccoc1)N1CCCC1. The Labute approximate surface area is 97.6 Å². The van der Waals surface area contributed by atoms with E-state index in [9.17, 15) is 0 Å². The Morgan fingerprint density at radius 2 is 2.19 bits per heavy atom. The summed E-state index contributed by atoms with van der Waals surface area (Å²) in [6.45, 7) is 6.85. The zero-order valence-corrected chi connectivity index (χ0v) is 10.3. The lowest BCUT2D eigenvalue weighted by atomic mass is 9.85. The molecule has 2 N–H and O–H groups in total. The van der Waals surface area contributed by atoms with Gasteiger partial charge < -0.3 is 10.2 Å². The minimum atomic E-state index is 0.0364. The maximum absolute atomic E-state index is 6.41. The van der Waals surface area contributed by atoms with Crippen LogP contribution >= 0.6 is 0 Å². The molecule has 1 aromatic rings. The molecule has 1 saturated heterocycles. The monoisotopic (exact) mass is 222 g/mol. The second kappa shape index (κ2) is 4.60.